The van der Waals surface area contributed by atoms with Gasteiger partial charge in [-0.15, -0.1) is 0 Å². The van der Waals surface area contributed by atoms with Gasteiger partial charge in [0.1, 0.15) is 23.5 Å². The van der Waals surface area contributed by atoms with E-state index in [1.54, 1.807) is 0 Å². The number of hydrogen-bond acceptors (Lipinski definition) is 6. The van der Waals surface area contributed by atoms with Crippen molar-refractivity contribution in [3.8, 4) is 11.5 Å². The summed E-state index contributed by atoms with van der Waals surface area (Å²) in [5.41, 5.74) is -0.982. The molecule has 0 unspecified atom stereocenters. The summed E-state index contributed by atoms with van der Waals surface area (Å²) in [5, 5.41) is 0. The largest absolute Gasteiger partial charge is 0.454 e. The van der Waals surface area contributed by atoms with Crippen LogP contribution in [0.3, 0.4) is 0 Å². The zero-order valence-corrected chi connectivity index (χ0v) is 13.1. The molecule has 26 heavy (non-hydrogen) atoms. The van der Waals surface area contributed by atoms with Crippen LogP contribution < -0.4 is 4.74 Å². The normalized spacial score (nSPS) is 11.2. The number of alkyl halides is 3. The summed E-state index contributed by atoms with van der Waals surface area (Å²) in [7, 11) is 0. The van der Waals surface area contributed by atoms with Gasteiger partial charge in [0.15, 0.2) is 11.5 Å². The van der Waals surface area contributed by atoms with Crippen LogP contribution in [0.5, 0.6) is 11.5 Å². The molecule has 9 heteroatoms. The van der Waals surface area contributed by atoms with Gasteiger partial charge in [0.05, 0.1) is 18.8 Å². The van der Waals surface area contributed by atoms with E-state index in [0.29, 0.717) is 11.5 Å². The Bertz CT molecular complexity index is 917. The molecule has 0 atom stereocenters. The predicted octanol–water partition coefficient (Wildman–Crippen LogP) is 3.50. The van der Waals surface area contributed by atoms with E-state index in [0.717, 1.165) is 6.07 Å². The maximum Gasteiger partial charge on any atom is 0.433 e. The Kier molecular flexibility index (Phi) is 4.87. The Morgan fingerprint density at radius 1 is 1.08 bits per heavy atom. The van der Waals surface area contributed by atoms with Crippen LogP contribution in [0.1, 0.15) is 21.9 Å². The second-order valence-corrected chi connectivity index (χ2v) is 5.16. The average Bonchev–Trinajstić information content (AvgIpc) is 2.62. The zero-order chi connectivity index (χ0) is 18.6. The molecule has 0 saturated carbocycles. The molecular formula is C17H11F3N4O2. The van der Waals surface area contributed by atoms with Gasteiger partial charge in [-0.25, -0.2) is 15.0 Å². The van der Waals surface area contributed by atoms with Gasteiger partial charge in [-0.05, 0) is 18.2 Å². The van der Waals surface area contributed by atoms with Gasteiger partial charge in [0, 0.05) is 18.0 Å². The van der Waals surface area contributed by atoms with Crippen molar-refractivity contribution >= 4 is 5.78 Å². The van der Waals surface area contributed by atoms with Crippen molar-refractivity contribution in [3.63, 3.8) is 0 Å². The summed E-state index contributed by atoms with van der Waals surface area (Å²) in [6.07, 6.45) is 0.725. The molecule has 6 nitrogen and oxygen atoms in total. The van der Waals surface area contributed by atoms with Gasteiger partial charge in [0.2, 0.25) is 0 Å². The van der Waals surface area contributed by atoms with Crippen LogP contribution in [-0.2, 0) is 12.6 Å². The highest BCUT2D eigenvalue weighted by Crippen LogP contribution is 2.27. The summed E-state index contributed by atoms with van der Waals surface area (Å²) < 4.78 is 43.6. The molecule has 0 aliphatic rings. The number of aromatic nitrogens is 4. The van der Waals surface area contributed by atoms with E-state index < -0.39 is 17.7 Å². The first-order valence-electron chi connectivity index (χ1n) is 7.37. The van der Waals surface area contributed by atoms with Crippen molar-refractivity contribution in [3.05, 3.63) is 72.3 Å². The van der Waals surface area contributed by atoms with Crippen molar-refractivity contribution in [2.24, 2.45) is 0 Å². The maximum absolute atomic E-state index is 12.7. The number of Topliss-reactive ketones (excluding diaryl/α,β-unsaturated/α-hetero) is 1. The first kappa shape index (κ1) is 17.5. The van der Waals surface area contributed by atoms with E-state index in [4.69, 9.17) is 4.74 Å². The second-order valence-electron chi connectivity index (χ2n) is 5.16. The van der Waals surface area contributed by atoms with Crippen molar-refractivity contribution in [1.29, 1.82) is 0 Å². The molecule has 3 aromatic rings. The van der Waals surface area contributed by atoms with Gasteiger partial charge >= 0.3 is 6.18 Å². The van der Waals surface area contributed by atoms with Crippen LogP contribution in [0.15, 0.2) is 55.2 Å². The molecule has 0 aromatic carbocycles. The van der Waals surface area contributed by atoms with Gasteiger partial charge < -0.3 is 4.74 Å². The third-order valence-electron chi connectivity index (χ3n) is 3.23. The molecule has 0 fully saturated rings. The molecule has 3 aromatic heterocycles. The van der Waals surface area contributed by atoms with Gasteiger partial charge in [-0.2, -0.15) is 13.2 Å². The van der Waals surface area contributed by atoms with E-state index >= 15 is 0 Å². The van der Waals surface area contributed by atoms with E-state index in [1.807, 2.05) is 0 Å². The summed E-state index contributed by atoms with van der Waals surface area (Å²) in [5.74, 6) is 0.221. The van der Waals surface area contributed by atoms with Gasteiger partial charge in [-0.3, -0.25) is 9.78 Å². The Balaban J connectivity index is 1.75. The highest BCUT2D eigenvalue weighted by molar-refractivity contribution is 5.95. The van der Waals surface area contributed by atoms with E-state index in [1.165, 1.54) is 49.2 Å². The number of nitrogens with zero attached hydrogens (tertiary/aromatic N) is 4. The molecule has 0 spiro atoms. The smallest absolute Gasteiger partial charge is 0.433 e. The lowest BCUT2D eigenvalue weighted by molar-refractivity contribution is -0.141. The molecule has 0 N–H and O–H groups in total. The fourth-order valence-electron chi connectivity index (χ4n) is 2.09. The molecular weight excluding hydrogens is 349 g/mol. The highest BCUT2D eigenvalue weighted by Gasteiger charge is 2.32. The van der Waals surface area contributed by atoms with E-state index in [-0.39, 0.29) is 17.8 Å². The fourth-order valence-corrected chi connectivity index (χ4v) is 2.09. The minimum atomic E-state index is -4.57. The van der Waals surface area contributed by atoms with Crippen LogP contribution in [0.25, 0.3) is 0 Å². The molecule has 0 saturated heterocycles. The SMILES string of the molecule is O=C(Cc1cccc(C(F)(F)F)n1)c1cc(Oc2cncnc2)ccn1. The Morgan fingerprint density at radius 3 is 2.58 bits per heavy atom. The lowest BCUT2D eigenvalue weighted by Gasteiger charge is -2.08. The van der Waals surface area contributed by atoms with Crippen molar-refractivity contribution in [2.75, 3.05) is 0 Å². The van der Waals surface area contributed by atoms with Crippen molar-refractivity contribution in [2.45, 2.75) is 12.6 Å². The third-order valence-corrected chi connectivity index (χ3v) is 3.23. The average molecular weight is 360 g/mol. The molecule has 0 aliphatic heterocycles. The lowest BCUT2D eigenvalue weighted by Crippen LogP contribution is -2.12. The molecule has 0 radical (unpaired) electrons. The Hall–Kier alpha value is -3.36. The molecule has 0 bridgehead atoms. The lowest BCUT2D eigenvalue weighted by atomic mass is 10.1. The fraction of sp³-hybridized carbons (Fsp3) is 0.118. The topological polar surface area (TPSA) is 77.9 Å². The number of hydrogen-bond donors (Lipinski definition) is 0. The number of rotatable bonds is 5. The van der Waals surface area contributed by atoms with Crippen LogP contribution >= 0.6 is 0 Å². The zero-order valence-electron chi connectivity index (χ0n) is 13.1. The summed E-state index contributed by atoms with van der Waals surface area (Å²) >= 11 is 0. The summed E-state index contributed by atoms with van der Waals surface area (Å²) in [6.45, 7) is 0. The monoisotopic (exact) mass is 360 g/mol. The second kappa shape index (κ2) is 7.26. The summed E-state index contributed by atoms with van der Waals surface area (Å²) in [6, 6.07) is 6.34. The van der Waals surface area contributed by atoms with E-state index in [2.05, 4.69) is 19.9 Å². The van der Waals surface area contributed by atoms with Crippen LogP contribution in [0, 0.1) is 0 Å². The minimum absolute atomic E-state index is 0.00871. The molecule has 3 rings (SSSR count). The first-order valence-corrected chi connectivity index (χ1v) is 7.37. The number of carbonyl (C=O) groups is 1. The Labute approximate surface area is 145 Å². The van der Waals surface area contributed by atoms with Crippen LogP contribution in [0.4, 0.5) is 13.2 Å². The van der Waals surface area contributed by atoms with Crippen molar-refractivity contribution < 1.29 is 22.7 Å². The number of ketones is 1. The predicted molar refractivity (Wildman–Crippen MR) is 83.6 cm³/mol. The quantitative estimate of drug-likeness (QED) is 0.648. The molecule has 0 aliphatic carbocycles. The number of halogens is 3. The molecule has 132 valence electrons. The maximum atomic E-state index is 12.7. The van der Waals surface area contributed by atoms with Gasteiger partial charge in [-0.1, -0.05) is 6.07 Å². The minimum Gasteiger partial charge on any atom is -0.454 e. The number of pyridine rings is 2. The molecule has 0 amide bonds. The molecule has 3 heterocycles. The van der Waals surface area contributed by atoms with Gasteiger partial charge in [0.25, 0.3) is 0 Å². The van der Waals surface area contributed by atoms with Crippen LogP contribution in [-0.4, -0.2) is 25.7 Å². The van der Waals surface area contributed by atoms with E-state index in [9.17, 15) is 18.0 Å². The standard InChI is InChI=1S/C17H11F3N4O2/c18-17(19,20)16-3-1-2-11(24-16)6-15(25)14-7-12(4-5-23-14)26-13-8-21-10-22-9-13/h1-5,7-10H,6H2. The Morgan fingerprint density at radius 2 is 1.85 bits per heavy atom. The number of ether oxygens (including phenoxy) is 1. The third kappa shape index (κ3) is 4.38. The van der Waals surface area contributed by atoms with Crippen LogP contribution in [0.2, 0.25) is 0 Å². The first-order chi connectivity index (χ1) is 12.4. The summed E-state index contributed by atoms with van der Waals surface area (Å²) in [4.78, 5) is 27.3. The number of carbonyl (C=O) groups excluding carboxylic acids is 1. The van der Waals surface area contributed by atoms with Crippen molar-refractivity contribution in [1.82, 2.24) is 19.9 Å². The highest BCUT2D eigenvalue weighted by atomic mass is 19.4.